The summed E-state index contributed by atoms with van der Waals surface area (Å²) in [5.74, 6) is 0.399. The number of unbranched alkanes of at least 4 members (excludes halogenated alkanes) is 1. The Labute approximate surface area is 106 Å². The van der Waals surface area contributed by atoms with Gasteiger partial charge in [-0.1, -0.05) is 0 Å². The van der Waals surface area contributed by atoms with Crippen LogP contribution in [0.2, 0.25) is 0 Å². The molecule has 0 bridgehead atoms. The molecule has 0 unspecified atom stereocenters. The van der Waals surface area contributed by atoms with Gasteiger partial charge in [-0.3, -0.25) is 4.99 Å². The highest BCUT2D eigenvalue weighted by Crippen LogP contribution is 2.17. The molecule has 0 saturated carbocycles. The Morgan fingerprint density at radius 3 is 2.39 bits per heavy atom. The van der Waals surface area contributed by atoms with Gasteiger partial charge < -0.3 is 15.4 Å². The number of aliphatic imine (C=N–C) groups is 1. The molecule has 0 heterocycles. The van der Waals surface area contributed by atoms with Gasteiger partial charge in [-0.05, 0) is 19.8 Å². The number of alkyl halides is 3. The zero-order valence-electron chi connectivity index (χ0n) is 10.9. The second-order valence-corrected chi connectivity index (χ2v) is 3.69. The molecule has 0 spiro atoms. The SMILES string of the molecule is CCOCCCCNC(=NC)NCCC(F)(F)F. The average Bonchev–Trinajstić information content (AvgIpc) is 2.29. The van der Waals surface area contributed by atoms with Gasteiger partial charge in [-0.2, -0.15) is 13.2 Å². The molecule has 2 N–H and O–H groups in total. The highest BCUT2D eigenvalue weighted by molar-refractivity contribution is 5.79. The summed E-state index contributed by atoms with van der Waals surface area (Å²) in [6.45, 7) is 3.85. The number of halogens is 3. The van der Waals surface area contributed by atoms with Crippen LogP contribution in [0.15, 0.2) is 4.99 Å². The molecule has 4 nitrogen and oxygen atoms in total. The van der Waals surface area contributed by atoms with Crippen molar-refractivity contribution in [1.29, 1.82) is 0 Å². The van der Waals surface area contributed by atoms with Gasteiger partial charge in [0.2, 0.25) is 0 Å². The minimum absolute atomic E-state index is 0.165. The van der Waals surface area contributed by atoms with Crippen LogP contribution in [0.1, 0.15) is 26.2 Å². The minimum atomic E-state index is -4.14. The number of rotatable bonds is 8. The molecule has 18 heavy (non-hydrogen) atoms. The van der Waals surface area contributed by atoms with Crippen LogP contribution in [0, 0.1) is 0 Å². The molecule has 0 aliphatic heterocycles. The molecule has 0 atom stereocenters. The van der Waals surface area contributed by atoms with Gasteiger partial charge in [0.25, 0.3) is 0 Å². The zero-order chi connectivity index (χ0) is 13.9. The van der Waals surface area contributed by atoms with Gasteiger partial charge in [-0.15, -0.1) is 0 Å². The first-order valence-corrected chi connectivity index (χ1v) is 6.08. The lowest BCUT2D eigenvalue weighted by molar-refractivity contribution is -0.132. The second kappa shape index (κ2) is 9.99. The second-order valence-electron chi connectivity index (χ2n) is 3.69. The third-order valence-electron chi connectivity index (χ3n) is 2.14. The predicted octanol–water partition coefficient (Wildman–Crippen LogP) is 1.92. The van der Waals surface area contributed by atoms with Crippen LogP contribution in [0.25, 0.3) is 0 Å². The van der Waals surface area contributed by atoms with E-state index in [1.54, 1.807) is 0 Å². The Bertz CT molecular complexity index is 232. The van der Waals surface area contributed by atoms with Crippen molar-refractivity contribution in [2.75, 3.05) is 33.4 Å². The molecule has 0 aliphatic carbocycles. The molecule has 0 radical (unpaired) electrons. The van der Waals surface area contributed by atoms with Gasteiger partial charge in [0, 0.05) is 33.4 Å². The lowest BCUT2D eigenvalue weighted by atomic mass is 10.3. The maximum absolute atomic E-state index is 11.9. The number of nitrogens with one attached hydrogen (secondary N) is 2. The summed E-state index contributed by atoms with van der Waals surface area (Å²) in [6, 6.07) is 0. The fraction of sp³-hybridized carbons (Fsp3) is 0.909. The van der Waals surface area contributed by atoms with Crippen LogP contribution in [0.4, 0.5) is 13.2 Å². The molecule has 0 aromatic carbocycles. The lowest BCUT2D eigenvalue weighted by Crippen LogP contribution is -2.39. The predicted molar refractivity (Wildman–Crippen MR) is 65.8 cm³/mol. The van der Waals surface area contributed by atoms with E-state index >= 15 is 0 Å². The molecule has 0 saturated heterocycles. The molecular weight excluding hydrogens is 247 g/mol. The van der Waals surface area contributed by atoms with E-state index in [1.807, 2.05) is 6.92 Å². The molecule has 7 heteroatoms. The van der Waals surface area contributed by atoms with Crippen LogP contribution in [-0.2, 0) is 4.74 Å². The van der Waals surface area contributed by atoms with E-state index in [2.05, 4.69) is 15.6 Å². The number of guanidine groups is 1. The number of hydrogen-bond donors (Lipinski definition) is 2. The van der Waals surface area contributed by atoms with Crippen molar-refractivity contribution in [3.8, 4) is 0 Å². The largest absolute Gasteiger partial charge is 0.390 e. The molecule has 0 amide bonds. The highest BCUT2D eigenvalue weighted by Gasteiger charge is 2.26. The lowest BCUT2D eigenvalue weighted by Gasteiger charge is -2.12. The van der Waals surface area contributed by atoms with Crippen LogP contribution in [0.3, 0.4) is 0 Å². The molecule has 0 aromatic rings. The average molecular weight is 269 g/mol. The Morgan fingerprint density at radius 1 is 1.17 bits per heavy atom. The van der Waals surface area contributed by atoms with Gasteiger partial charge in [0.1, 0.15) is 0 Å². The van der Waals surface area contributed by atoms with Crippen molar-refractivity contribution in [1.82, 2.24) is 10.6 Å². The summed E-state index contributed by atoms with van der Waals surface area (Å²) in [5.41, 5.74) is 0. The number of ether oxygens (including phenoxy) is 1. The van der Waals surface area contributed by atoms with E-state index in [0.717, 1.165) is 12.8 Å². The Kier molecular flexibility index (Phi) is 9.45. The Morgan fingerprint density at radius 2 is 1.83 bits per heavy atom. The number of nitrogens with zero attached hydrogens (tertiary/aromatic N) is 1. The third kappa shape index (κ3) is 11.5. The smallest absolute Gasteiger partial charge is 0.382 e. The van der Waals surface area contributed by atoms with Crippen LogP contribution >= 0.6 is 0 Å². The first-order valence-electron chi connectivity index (χ1n) is 6.08. The summed E-state index contributed by atoms with van der Waals surface area (Å²) in [4.78, 5) is 3.84. The van der Waals surface area contributed by atoms with Crippen molar-refractivity contribution in [3.05, 3.63) is 0 Å². The van der Waals surface area contributed by atoms with E-state index < -0.39 is 12.6 Å². The molecule has 0 rings (SSSR count). The van der Waals surface area contributed by atoms with Crippen molar-refractivity contribution >= 4 is 5.96 Å². The van der Waals surface area contributed by atoms with Gasteiger partial charge in [0.05, 0.1) is 6.42 Å². The van der Waals surface area contributed by atoms with Crippen LogP contribution in [0.5, 0.6) is 0 Å². The minimum Gasteiger partial charge on any atom is -0.382 e. The topological polar surface area (TPSA) is 45.6 Å². The first kappa shape index (κ1) is 17.0. The molecule has 108 valence electrons. The monoisotopic (exact) mass is 269 g/mol. The van der Waals surface area contributed by atoms with Gasteiger partial charge in [0.15, 0.2) is 5.96 Å². The molecule has 0 aliphatic rings. The van der Waals surface area contributed by atoms with Gasteiger partial charge >= 0.3 is 6.18 Å². The van der Waals surface area contributed by atoms with E-state index in [1.165, 1.54) is 7.05 Å². The molecular formula is C11H22F3N3O. The Hall–Kier alpha value is -0.980. The maximum atomic E-state index is 11.9. The maximum Gasteiger partial charge on any atom is 0.390 e. The first-order chi connectivity index (χ1) is 8.49. The quantitative estimate of drug-likeness (QED) is 0.402. The summed E-state index contributed by atoms with van der Waals surface area (Å²) >= 11 is 0. The highest BCUT2D eigenvalue weighted by atomic mass is 19.4. The standard InChI is InChI=1S/C11H22F3N3O/c1-3-18-9-5-4-7-16-10(15-2)17-8-6-11(12,13)14/h3-9H2,1-2H3,(H2,15,16,17). The summed E-state index contributed by atoms with van der Waals surface area (Å²) in [7, 11) is 1.53. The zero-order valence-corrected chi connectivity index (χ0v) is 10.9. The fourth-order valence-electron chi connectivity index (χ4n) is 1.22. The van der Waals surface area contributed by atoms with Crippen LogP contribution < -0.4 is 10.6 Å². The summed E-state index contributed by atoms with van der Waals surface area (Å²) < 4.78 is 40.9. The fourth-order valence-corrected chi connectivity index (χ4v) is 1.22. The molecule has 0 aromatic heterocycles. The van der Waals surface area contributed by atoms with Crippen molar-refractivity contribution < 1.29 is 17.9 Å². The van der Waals surface area contributed by atoms with Gasteiger partial charge in [-0.25, -0.2) is 0 Å². The number of hydrogen-bond acceptors (Lipinski definition) is 2. The Balaban J connectivity index is 3.54. The summed E-state index contributed by atoms with van der Waals surface area (Å²) in [5, 5.41) is 5.56. The van der Waals surface area contributed by atoms with Crippen molar-refractivity contribution in [3.63, 3.8) is 0 Å². The van der Waals surface area contributed by atoms with E-state index in [-0.39, 0.29) is 6.54 Å². The normalized spacial score (nSPS) is 12.6. The molecule has 0 fully saturated rings. The van der Waals surface area contributed by atoms with E-state index in [0.29, 0.717) is 25.7 Å². The third-order valence-corrected chi connectivity index (χ3v) is 2.14. The van der Waals surface area contributed by atoms with Crippen molar-refractivity contribution in [2.45, 2.75) is 32.4 Å². The van der Waals surface area contributed by atoms with E-state index in [9.17, 15) is 13.2 Å². The van der Waals surface area contributed by atoms with Crippen molar-refractivity contribution in [2.24, 2.45) is 4.99 Å². The van der Waals surface area contributed by atoms with Crippen LogP contribution in [-0.4, -0.2) is 45.5 Å². The summed E-state index contributed by atoms with van der Waals surface area (Å²) in [6.07, 6.45) is -3.19. The van der Waals surface area contributed by atoms with E-state index in [4.69, 9.17) is 4.74 Å².